The number of rotatable bonds is 3. The molecule has 0 aromatic carbocycles. The number of nitrogens with zero attached hydrogens (tertiary/aromatic N) is 2. The van der Waals surface area contributed by atoms with E-state index in [2.05, 4.69) is 29.4 Å². The lowest BCUT2D eigenvalue weighted by Gasteiger charge is -2.34. The van der Waals surface area contributed by atoms with E-state index in [1.165, 1.54) is 25.7 Å². The molecule has 0 saturated heterocycles. The van der Waals surface area contributed by atoms with Crippen LogP contribution in [0.4, 0.5) is 0 Å². The van der Waals surface area contributed by atoms with Gasteiger partial charge in [-0.25, -0.2) is 0 Å². The van der Waals surface area contributed by atoms with Crippen molar-refractivity contribution < 1.29 is 0 Å². The molecule has 1 aliphatic carbocycles. The summed E-state index contributed by atoms with van der Waals surface area (Å²) < 4.78 is 0. The third kappa shape index (κ3) is 3.27. The number of hydrogen-bond donors (Lipinski definition) is 1. The Labute approximate surface area is 97.7 Å². The van der Waals surface area contributed by atoms with Gasteiger partial charge in [0.2, 0.25) is 0 Å². The quantitative estimate of drug-likeness (QED) is 0.849. The Hall–Kier alpha value is -0.960. The highest BCUT2D eigenvalue weighted by molar-refractivity contribution is 4.99. The molecule has 1 fully saturated rings. The first-order valence-corrected chi connectivity index (χ1v) is 6.16. The Morgan fingerprint density at radius 3 is 2.75 bits per heavy atom. The predicted molar refractivity (Wildman–Crippen MR) is 64.9 cm³/mol. The minimum Gasteiger partial charge on any atom is -0.308 e. The Balaban J connectivity index is 1.76. The zero-order valence-electron chi connectivity index (χ0n) is 10.2. The van der Waals surface area contributed by atoms with Gasteiger partial charge in [0.15, 0.2) is 0 Å². The molecule has 2 rings (SSSR count). The third-order valence-electron chi connectivity index (χ3n) is 3.54. The van der Waals surface area contributed by atoms with Crippen LogP contribution in [0.15, 0.2) is 18.3 Å². The average Bonchev–Trinajstić information content (AvgIpc) is 2.29. The first-order chi connectivity index (χ1) is 7.66. The van der Waals surface area contributed by atoms with Crippen LogP contribution in [-0.2, 0) is 6.54 Å². The molecular formula is C13H21N3. The van der Waals surface area contributed by atoms with Crippen LogP contribution in [0, 0.1) is 5.41 Å². The SMILES string of the molecule is CC1(C)CCC(NCc2cccnn2)CC1. The Kier molecular flexibility index (Phi) is 3.54. The smallest absolute Gasteiger partial charge is 0.0769 e. The highest BCUT2D eigenvalue weighted by atomic mass is 15.1. The maximum Gasteiger partial charge on any atom is 0.0769 e. The Morgan fingerprint density at radius 1 is 1.38 bits per heavy atom. The van der Waals surface area contributed by atoms with Crippen molar-refractivity contribution in [3.8, 4) is 0 Å². The van der Waals surface area contributed by atoms with Gasteiger partial charge in [0.1, 0.15) is 0 Å². The second kappa shape index (κ2) is 4.91. The summed E-state index contributed by atoms with van der Waals surface area (Å²) in [6.45, 7) is 5.58. The molecule has 0 spiro atoms. The molecule has 1 aromatic rings. The molecular weight excluding hydrogens is 198 g/mol. The van der Waals surface area contributed by atoms with Crippen molar-refractivity contribution in [3.05, 3.63) is 24.0 Å². The van der Waals surface area contributed by atoms with E-state index in [1.54, 1.807) is 6.20 Å². The van der Waals surface area contributed by atoms with Crippen molar-refractivity contribution in [2.24, 2.45) is 5.41 Å². The molecule has 0 atom stereocenters. The molecule has 0 unspecified atom stereocenters. The van der Waals surface area contributed by atoms with E-state index < -0.39 is 0 Å². The topological polar surface area (TPSA) is 37.8 Å². The molecule has 16 heavy (non-hydrogen) atoms. The molecule has 1 aliphatic rings. The van der Waals surface area contributed by atoms with Gasteiger partial charge >= 0.3 is 0 Å². The fourth-order valence-corrected chi connectivity index (χ4v) is 2.28. The summed E-state index contributed by atoms with van der Waals surface area (Å²) in [5.41, 5.74) is 1.58. The first kappa shape index (κ1) is 11.5. The van der Waals surface area contributed by atoms with E-state index in [0.29, 0.717) is 11.5 Å². The fourth-order valence-electron chi connectivity index (χ4n) is 2.28. The summed E-state index contributed by atoms with van der Waals surface area (Å²) in [6, 6.07) is 4.62. The molecule has 3 nitrogen and oxygen atoms in total. The van der Waals surface area contributed by atoms with Gasteiger partial charge in [-0.1, -0.05) is 13.8 Å². The zero-order valence-corrected chi connectivity index (χ0v) is 10.2. The van der Waals surface area contributed by atoms with Crippen LogP contribution in [0.25, 0.3) is 0 Å². The van der Waals surface area contributed by atoms with E-state index >= 15 is 0 Å². The molecule has 1 N–H and O–H groups in total. The zero-order chi connectivity index (χ0) is 11.4. The highest BCUT2D eigenvalue weighted by Crippen LogP contribution is 2.34. The van der Waals surface area contributed by atoms with Gasteiger partial charge < -0.3 is 5.32 Å². The van der Waals surface area contributed by atoms with Crippen LogP contribution < -0.4 is 5.32 Å². The van der Waals surface area contributed by atoms with Crippen LogP contribution in [-0.4, -0.2) is 16.2 Å². The van der Waals surface area contributed by atoms with E-state index in [-0.39, 0.29) is 0 Å². The highest BCUT2D eigenvalue weighted by Gasteiger charge is 2.26. The normalized spacial score (nSPS) is 20.9. The minimum atomic E-state index is 0.546. The monoisotopic (exact) mass is 219 g/mol. The van der Waals surface area contributed by atoms with E-state index in [1.807, 2.05) is 12.1 Å². The van der Waals surface area contributed by atoms with E-state index in [0.717, 1.165) is 12.2 Å². The number of hydrogen-bond acceptors (Lipinski definition) is 3. The number of aromatic nitrogens is 2. The standard InChI is InChI=1S/C13H21N3/c1-13(2)7-5-11(6-8-13)14-10-12-4-3-9-15-16-12/h3-4,9,11,14H,5-8,10H2,1-2H3. The van der Waals surface area contributed by atoms with Crippen LogP contribution >= 0.6 is 0 Å². The van der Waals surface area contributed by atoms with Gasteiger partial charge in [0.05, 0.1) is 5.69 Å². The van der Waals surface area contributed by atoms with Crippen LogP contribution in [0.1, 0.15) is 45.2 Å². The predicted octanol–water partition coefficient (Wildman–Crippen LogP) is 2.54. The van der Waals surface area contributed by atoms with Gasteiger partial charge in [0.25, 0.3) is 0 Å². The second-order valence-electron chi connectivity index (χ2n) is 5.53. The van der Waals surface area contributed by atoms with Crippen molar-refractivity contribution in [1.82, 2.24) is 15.5 Å². The lowest BCUT2D eigenvalue weighted by Crippen LogP contribution is -2.35. The summed E-state index contributed by atoms with van der Waals surface area (Å²) in [5.74, 6) is 0. The Morgan fingerprint density at radius 2 is 2.12 bits per heavy atom. The molecule has 1 heterocycles. The van der Waals surface area contributed by atoms with Gasteiger partial charge in [-0.2, -0.15) is 10.2 Å². The van der Waals surface area contributed by atoms with Crippen LogP contribution in [0.3, 0.4) is 0 Å². The third-order valence-corrected chi connectivity index (χ3v) is 3.54. The van der Waals surface area contributed by atoms with Gasteiger partial charge in [-0.15, -0.1) is 0 Å². The molecule has 1 saturated carbocycles. The van der Waals surface area contributed by atoms with Crippen LogP contribution in [0.5, 0.6) is 0 Å². The average molecular weight is 219 g/mol. The summed E-state index contributed by atoms with van der Waals surface area (Å²) >= 11 is 0. The molecule has 0 amide bonds. The van der Waals surface area contributed by atoms with Gasteiger partial charge in [-0.05, 0) is 43.2 Å². The van der Waals surface area contributed by atoms with Crippen molar-refractivity contribution in [2.45, 2.75) is 52.1 Å². The maximum absolute atomic E-state index is 4.08. The molecule has 0 bridgehead atoms. The molecule has 0 aliphatic heterocycles. The van der Waals surface area contributed by atoms with Crippen molar-refractivity contribution in [2.75, 3.05) is 0 Å². The lowest BCUT2D eigenvalue weighted by atomic mass is 9.75. The second-order valence-corrected chi connectivity index (χ2v) is 5.53. The lowest BCUT2D eigenvalue weighted by molar-refractivity contribution is 0.205. The van der Waals surface area contributed by atoms with Crippen molar-refractivity contribution in [3.63, 3.8) is 0 Å². The largest absolute Gasteiger partial charge is 0.308 e. The first-order valence-electron chi connectivity index (χ1n) is 6.16. The molecule has 88 valence electrons. The minimum absolute atomic E-state index is 0.546. The molecule has 0 radical (unpaired) electrons. The fraction of sp³-hybridized carbons (Fsp3) is 0.692. The van der Waals surface area contributed by atoms with Crippen molar-refractivity contribution >= 4 is 0 Å². The summed E-state index contributed by atoms with van der Waals surface area (Å²) in [6.07, 6.45) is 6.93. The summed E-state index contributed by atoms with van der Waals surface area (Å²) in [7, 11) is 0. The summed E-state index contributed by atoms with van der Waals surface area (Å²) in [4.78, 5) is 0. The summed E-state index contributed by atoms with van der Waals surface area (Å²) in [5, 5.41) is 11.5. The van der Waals surface area contributed by atoms with Crippen molar-refractivity contribution in [1.29, 1.82) is 0 Å². The molecule has 1 aromatic heterocycles. The van der Waals surface area contributed by atoms with Crippen LogP contribution in [0.2, 0.25) is 0 Å². The van der Waals surface area contributed by atoms with Gasteiger partial charge in [-0.3, -0.25) is 0 Å². The number of nitrogens with one attached hydrogen (secondary N) is 1. The van der Waals surface area contributed by atoms with Gasteiger partial charge in [0, 0.05) is 18.8 Å². The molecule has 3 heteroatoms. The Bertz CT molecular complexity index is 311. The van der Waals surface area contributed by atoms with E-state index in [4.69, 9.17) is 0 Å². The maximum atomic E-state index is 4.08. The van der Waals surface area contributed by atoms with E-state index in [9.17, 15) is 0 Å².